The lowest BCUT2D eigenvalue weighted by molar-refractivity contribution is -0.121. The minimum absolute atomic E-state index is 0.0191. The van der Waals surface area contributed by atoms with Crippen molar-refractivity contribution in [3.8, 4) is 5.75 Å². The molecule has 0 unspecified atom stereocenters. The first-order valence-corrected chi connectivity index (χ1v) is 6.60. The van der Waals surface area contributed by atoms with Crippen molar-refractivity contribution in [1.29, 1.82) is 0 Å². The summed E-state index contributed by atoms with van der Waals surface area (Å²) in [7, 11) is 0. The molecule has 0 saturated carbocycles. The molecule has 0 radical (unpaired) electrons. The molecule has 1 aliphatic heterocycles. The summed E-state index contributed by atoms with van der Waals surface area (Å²) >= 11 is 0. The molecule has 1 amide bonds. The third-order valence-corrected chi connectivity index (χ3v) is 3.14. The molecule has 104 valence electrons. The highest BCUT2D eigenvalue weighted by atomic mass is 16.5. The summed E-state index contributed by atoms with van der Waals surface area (Å²) in [5, 5.41) is 15.2. The van der Waals surface area contributed by atoms with Crippen LogP contribution in [0, 0.1) is 0 Å². The van der Waals surface area contributed by atoms with E-state index in [1.54, 1.807) is 12.1 Å². The van der Waals surface area contributed by atoms with Crippen molar-refractivity contribution in [2.45, 2.75) is 25.4 Å². The first-order chi connectivity index (χ1) is 9.24. The number of aromatic hydroxyl groups is 1. The number of carbonyl (C=O) groups is 1. The number of phenols is 1. The zero-order valence-corrected chi connectivity index (χ0v) is 10.9. The average Bonchev–Trinajstić information content (AvgIpc) is 2.42. The van der Waals surface area contributed by atoms with Gasteiger partial charge in [0.05, 0.1) is 6.54 Å². The van der Waals surface area contributed by atoms with Crippen LogP contribution in [0.15, 0.2) is 24.3 Å². The highest BCUT2D eigenvalue weighted by molar-refractivity contribution is 5.78. The average molecular weight is 264 g/mol. The smallest absolute Gasteiger partial charge is 0.234 e. The Labute approximate surface area is 113 Å². The van der Waals surface area contributed by atoms with Crippen LogP contribution in [0.3, 0.4) is 0 Å². The number of nitrogens with one attached hydrogen (secondary N) is 2. The van der Waals surface area contributed by atoms with Crippen molar-refractivity contribution in [2.75, 3.05) is 19.8 Å². The summed E-state index contributed by atoms with van der Waals surface area (Å²) in [6, 6.07) is 7.19. The number of hydrogen-bond acceptors (Lipinski definition) is 4. The fraction of sp³-hybridized carbons (Fsp3) is 0.500. The van der Waals surface area contributed by atoms with Crippen molar-refractivity contribution in [3.63, 3.8) is 0 Å². The molecule has 1 saturated heterocycles. The lowest BCUT2D eigenvalue weighted by atomic mass is 10.1. The standard InChI is InChI=1S/C14H20N2O3/c17-13-3-1-11(2-4-13)9-15-10-14(18)16-12-5-7-19-8-6-12/h1-4,12,15,17H,5-10H2,(H,16,18). The van der Waals surface area contributed by atoms with Gasteiger partial charge in [-0.15, -0.1) is 0 Å². The van der Waals surface area contributed by atoms with E-state index in [2.05, 4.69) is 10.6 Å². The summed E-state index contributed by atoms with van der Waals surface area (Å²) in [5.41, 5.74) is 1.04. The number of benzene rings is 1. The maximum atomic E-state index is 11.7. The van der Waals surface area contributed by atoms with Crippen molar-refractivity contribution < 1.29 is 14.6 Å². The summed E-state index contributed by atoms with van der Waals surface area (Å²) in [4.78, 5) is 11.7. The number of amides is 1. The highest BCUT2D eigenvalue weighted by Gasteiger charge is 2.15. The van der Waals surface area contributed by atoms with Crippen LogP contribution in [0.2, 0.25) is 0 Å². The summed E-state index contributed by atoms with van der Waals surface area (Å²) < 4.78 is 5.24. The van der Waals surface area contributed by atoms with Gasteiger partial charge in [0.25, 0.3) is 0 Å². The summed E-state index contributed by atoms with van der Waals surface area (Å²) in [5.74, 6) is 0.270. The Morgan fingerprint density at radius 2 is 1.95 bits per heavy atom. The van der Waals surface area contributed by atoms with Gasteiger partial charge in [0.1, 0.15) is 5.75 Å². The molecule has 1 aromatic rings. The topological polar surface area (TPSA) is 70.6 Å². The van der Waals surface area contributed by atoms with Crippen LogP contribution in [-0.4, -0.2) is 36.8 Å². The molecule has 1 heterocycles. The molecule has 5 nitrogen and oxygen atoms in total. The Morgan fingerprint density at radius 3 is 2.63 bits per heavy atom. The maximum absolute atomic E-state index is 11.7. The van der Waals surface area contributed by atoms with Crippen molar-refractivity contribution in [3.05, 3.63) is 29.8 Å². The van der Waals surface area contributed by atoms with Crippen molar-refractivity contribution in [2.24, 2.45) is 0 Å². The van der Waals surface area contributed by atoms with Crippen LogP contribution >= 0.6 is 0 Å². The fourth-order valence-electron chi connectivity index (χ4n) is 2.05. The van der Waals surface area contributed by atoms with Gasteiger partial charge in [0.2, 0.25) is 5.91 Å². The van der Waals surface area contributed by atoms with Crippen LogP contribution < -0.4 is 10.6 Å². The number of hydrogen-bond donors (Lipinski definition) is 3. The molecular weight excluding hydrogens is 244 g/mol. The lowest BCUT2D eigenvalue weighted by Gasteiger charge is -2.23. The van der Waals surface area contributed by atoms with Crippen molar-refractivity contribution >= 4 is 5.91 Å². The molecule has 1 aromatic carbocycles. The molecule has 19 heavy (non-hydrogen) atoms. The second kappa shape index (κ2) is 7.11. The van der Waals surface area contributed by atoms with Gasteiger partial charge in [-0.3, -0.25) is 4.79 Å². The zero-order chi connectivity index (χ0) is 13.5. The van der Waals surface area contributed by atoms with E-state index in [-0.39, 0.29) is 17.7 Å². The molecule has 0 spiro atoms. The molecule has 0 aromatic heterocycles. The number of ether oxygens (including phenoxy) is 1. The molecule has 1 aliphatic rings. The summed E-state index contributed by atoms with van der Waals surface area (Å²) in [6.45, 7) is 2.37. The maximum Gasteiger partial charge on any atom is 0.234 e. The van der Waals surface area contributed by atoms with Gasteiger partial charge in [-0.05, 0) is 30.5 Å². The SMILES string of the molecule is O=C(CNCc1ccc(O)cc1)NC1CCOCC1. The van der Waals surface area contributed by atoms with Gasteiger partial charge in [0.15, 0.2) is 0 Å². The second-order valence-electron chi connectivity index (χ2n) is 4.72. The van der Waals surface area contributed by atoms with E-state index in [9.17, 15) is 4.79 Å². The predicted molar refractivity (Wildman–Crippen MR) is 71.8 cm³/mol. The Morgan fingerprint density at radius 1 is 1.26 bits per heavy atom. The van der Waals surface area contributed by atoms with Gasteiger partial charge in [-0.25, -0.2) is 0 Å². The quantitative estimate of drug-likeness (QED) is 0.735. The van der Waals surface area contributed by atoms with Gasteiger partial charge < -0.3 is 20.5 Å². The number of phenolic OH excluding ortho intramolecular Hbond substituents is 1. The number of carbonyl (C=O) groups excluding carboxylic acids is 1. The van der Waals surface area contributed by atoms with Gasteiger partial charge >= 0.3 is 0 Å². The minimum atomic E-state index is 0.0191. The van der Waals surface area contributed by atoms with Crippen LogP contribution in [0.25, 0.3) is 0 Å². The van der Waals surface area contributed by atoms with Gasteiger partial charge in [0, 0.05) is 25.8 Å². The zero-order valence-electron chi connectivity index (χ0n) is 10.9. The molecule has 0 bridgehead atoms. The monoisotopic (exact) mass is 264 g/mol. The normalized spacial score (nSPS) is 16.2. The van der Waals surface area contributed by atoms with Gasteiger partial charge in [-0.1, -0.05) is 12.1 Å². The lowest BCUT2D eigenvalue weighted by Crippen LogP contribution is -2.42. The first-order valence-electron chi connectivity index (χ1n) is 6.60. The van der Waals surface area contributed by atoms with Crippen LogP contribution in [0.1, 0.15) is 18.4 Å². The number of rotatable bonds is 5. The molecule has 0 aliphatic carbocycles. The molecule has 3 N–H and O–H groups in total. The molecule has 2 rings (SSSR count). The largest absolute Gasteiger partial charge is 0.508 e. The van der Waals surface area contributed by atoms with E-state index in [4.69, 9.17) is 9.84 Å². The van der Waals surface area contributed by atoms with E-state index in [1.165, 1.54) is 0 Å². The molecule has 1 fully saturated rings. The van der Waals surface area contributed by atoms with Crippen LogP contribution in [-0.2, 0) is 16.1 Å². The third-order valence-electron chi connectivity index (χ3n) is 3.14. The molecule has 5 heteroatoms. The van der Waals surface area contributed by atoms with Crippen LogP contribution in [0.5, 0.6) is 5.75 Å². The predicted octanol–water partition coefficient (Wildman–Crippen LogP) is 0.777. The summed E-state index contributed by atoms with van der Waals surface area (Å²) in [6.07, 6.45) is 1.79. The van der Waals surface area contributed by atoms with E-state index in [0.29, 0.717) is 13.1 Å². The molecular formula is C14H20N2O3. The van der Waals surface area contributed by atoms with E-state index < -0.39 is 0 Å². The van der Waals surface area contributed by atoms with Crippen molar-refractivity contribution in [1.82, 2.24) is 10.6 Å². The second-order valence-corrected chi connectivity index (χ2v) is 4.72. The first kappa shape index (κ1) is 13.8. The van der Waals surface area contributed by atoms with E-state index in [0.717, 1.165) is 31.6 Å². The minimum Gasteiger partial charge on any atom is -0.508 e. The Hall–Kier alpha value is -1.59. The third kappa shape index (κ3) is 4.89. The van der Waals surface area contributed by atoms with Gasteiger partial charge in [-0.2, -0.15) is 0 Å². The Bertz CT molecular complexity index is 400. The fourth-order valence-corrected chi connectivity index (χ4v) is 2.05. The Kier molecular flexibility index (Phi) is 5.18. The molecule has 0 atom stereocenters. The van der Waals surface area contributed by atoms with E-state index in [1.807, 2.05) is 12.1 Å². The van der Waals surface area contributed by atoms with Crippen LogP contribution in [0.4, 0.5) is 0 Å². The highest BCUT2D eigenvalue weighted by Crippen LogP contribution is 2.09. The van der Waals surface area contributed by atoms with E-state index >= 15 is 0 Å². The Balaban J connectivity index is 1.64.